The summed E-state index contributed by atoms with van der Waals surface area (Å²) in [4.78, 5) is 11.5. The van der Waals surface area contributed by atoms with E-state index in [0.29, 0.717) is 5.96 Å². The summed E-state index contributed by atoms with van der Waals surface area (Å²) < 4.78 is 0. The van der Waals surface area contributed by atoms with Crippen LogP contribution in [0.3, 0.4) is 0 Å². The van der Waals surface area contributed by atoms with Crippen LogP contribution in [-0.4, -0.2) is 36.0 Å². The molecule has 0 atom stereocenters. The minimum absolute atomic E-state index is 0.338. The van der Waals surface area contributed by atoms with Gasteiger partial charge in [0.1, 0.15) is 5.10 Å². The molecule has 0 aromatic heterocycles. The summed E-state index contributed by atoms with van der Waals surface area (Å²) in [6, 6.07) is 0. The summed E-state index contributed by atoms with van der Waals surface area (Å²) in [6.07, 6.45) is 0. The third kappa shape index (κ3) is 1.34. The lowest BCUT2D eigenvalue weighted by atomic mass is 10.7. The van der Waals surface area contributed by atoms with Gasteiger partial charge in [0.05, 0.1) is 0 Å². The third-order valence-corrected chi connectivity index (χ3v) is 1.27. The quantitative estimate of drug-likeness (QED) is 0.381. The zero-order chi connectivity index (χ0) is 7.56. The molecule has 0 saturated carbocycles. The van der Waals surface area contributed by atoms with Crippen LogP contribution in [0.5, 0.6) is 0 Å². The molecular formula is C4H8N4O2. The topological polar surface area (TPSA) is 70.8 Å². The predicted molar refractivity (Wildman–Crippen MR) is 35.1 cm³/mol. The average Bonchev–Trinajstić information content (AvgIpc) is 2.15. The molecule has 10 heavy (non-hydrogen) atoms. The van der Waals surface area contributed by atoms with Crippen molar-refractivity contribution in [2.24, 2.45) is 5.10 Å². The average molecular weight is 144 g/mol. The number of nitro groups is 1. The number of nitrogens with zero attached hydrogens (tertiary/aromatic N) is 3. The summed E-state index contributed by atoms with van der Waals surface area (Å²) in [7, 11) is 1.75. The van der Waals surface area contributed by atoms with E-state index in [4.69, 9.17) is 0 Å². The van der Waals surface area contributed by atoms with Gasteiger partial charge in [-0.2, -0.15) is 0 Å². The first kappa shape index (κ1) is 6.79. The molecule has 0 radical (unpaired) electrons. The van der Waals surface area contributed by atoms with Gasteiger partial charge < -0.3 is 10.2 Å². The fourth-order valence-corrected chi connectivity index (χ4v) is 0.765. The van der Waals surface area contributed by atoms with E-state index in [-0.39, 0.29) is 0 Å². The lowest BCUT2D eigenvalue weighted by molar-refractivity contribution is -0.485. The molecule has 0 aromatic rings. The maximum absolute atomic E-state index is 9.85. The van der Waals surface area contributed by atoms with Crippen molar-refractivity contribution < 1.29 is 5.03 Å². The van der Waals surface area contributed by atoms with Crippen molar-refractivity contribution in [3.8, 4) is 0 Å². The summed E-state index contributed by atoms with van der Waals surface area (Å²) in [5.74, 6) is 0.338. The predicted octanol–water partition coefficient (Wildman–Crippen LogP) is -0.931. The lowest BCUT2D eigenvalue weighted by Gasteiger charge is -2.04. The molecule has 0 aliphatic carbocycles. The maximum Gasteiger partial charge on any atom is 0.271 e. The summed E-state index contributed by atoms with van der Waals surface area (Å²) in [5.41, 5.74) is 0. The first-order valence-corrected chi connectivity index (χ1v) is 2.88. The Morgan fingerprint density at radius 3 is 3.00 bits per heavy atom. The SMILES string of the molecule is CN1CCN/C1=N/[N+](=O)[O-]. The smallest absolute Gasteiger partial charge is 0.271 e. The van der Waals surface area contributed by atoms with Gasteiger partial charge in [0.2, 0.25) is 0 Å². The van der Waals surface area contributed by atoms with Gasteiger partial charge in [-0.05, 0) is 0 Å². The molecule has 0 spiro atoms. The van der Waals surface area contributed by atoms with Gasteiger partial charge in [-0.1, -0.05) is 0 Å². The lowest BCUT2D eigenvalue weighted by Crippen LogP contribution is -2.27. The molecule has 1 rings (SSSR count). The molecule has 6 heteroatoms. The molecule has 1 aliphatic rings. The molecule has 0 amide bonds. The second-order valence-corrected chi connectivity index (χ2v) is 2.01. The highest BCUT2D eigenvalue weighted by Gasteiger charge is 2.16. The van der Waals surface area contributed by atoms with Crippen LogP contribution < -0.4 is 5.32 Å². The number of likely N-dealkylation sites (N-methyl/N-ethyl adjacent to an activating group) is 1. The standard InChI is InChI=1S/C4H8N4O2/c1-7-3-2-5-4(7)6-8(9)10/h2-3H2,1H3,(H,5,6). The number of rotatable bonds is 1. The number of nitrogens with one attached hydrogen (secondary N) is 1. The van der Waals surface area contributed by atoms with Crippen LogP contribution in [0.25, 0.3) is 0 Å². The zero-order valence-corrected chi connectivity index (χ0v) is 5.57. The minimum atomic E-state index is -0.704. The minimum Gasteiger partial charge on any atom is -0.349 e. The third-order valence-electron chi connectivity index (χ3n) is 1.27. The maximum atomic E-state index is 9.85. The van der Waals surface area contributed by atoms with Crippen molar-refractivity contribution in [2.75, 3.05) is 20.1 Å². The second-order valence-electron chi connectivity index (χ2n) is 2.01. The zero-order valence-electron chi connectivity index (χ0n) is 5.57. The van der Waals surface area contributed by atoms with Crippen LogP contribution in [0.1, 0.15) is 0 Å². The number of guanidine groups is 1. The van der Waals surface area contributed by atoms with E-state index in [9.17, 15) is 10.1 Å². The first-order valence-electron chi connectivity index (χ1n) is 2.88. The van der Waals surface area contributed by atoms with Crippen LogP contribution in [0.2, 0.25) is 0 Å². The first-order chi connectivity index (χ1) is 4.70. The van der Waals surface area contributed by atoms with Crippen molar-refractivity contribution in [1.29, 1.82) is 0 Å². The van der Waals surface area contributed by atoms with E-state index in [2.05, 4.69) is 10.4 Å². The van der Waals surface area contributed by atoms with Crippen LogP contribution >= 0.6 is 0 Å². The normalized spacial score (nSPS) is 21.3. The number of hydrogen-bond acceptors (Lipinski definition) is 2. The van der Waals surface area contributed by atoms with Gasteiger partial charge in [-0.15, -0.1) is 0 Å². The van der Waals surface area contributed by atoms with Gasteiger partial charge in [0.15, 0.2) is 5.03 Å². The Morgan fingerprint density at radius 2 is 2.60 bits per heavy atom. The molecule has 1 heterocycles. The van der Waals surface area contributed by atoms with Crippen LogP contribution in [0, 0.1) is 10.1 Å². The van der Waals surface area contributed by atoms with Gasteiger partial charge in [-0.3, -0.25) is 0 Å². The Labute approximate surface area is 57.7 Å². The van der Waals surface area contributed by atoms with E-state index in [1.165, 1.54) is 0 Å². The molecule has 0 bridgehead atoms. The number of hydrazone groups is 1. The van der Waals surface area contributed by atoms with E-state index in [1.54, 1.807) is 11.9 Å². The fraction of sp³-hybridized carbons (Fsp3) is 0.750. The summed E-state index contributed by atoms with van der Waals surface area (Å²) in [6.45, 7) is 1.50. The molecule has 1 saturated heterocycles. The Balaban J connectivity index is 2.62. The van der Waals surface area contributed by atoms with Crippen LogP contribution in [-0.2, 0) is 0 Å². The van der Waals surface area contributed by atoms with Gasteiger partial charge in [0.25, 0.3) is 5.96 Å². The monoisotopic (exact) mass is 144 g/mol. The summed E-state index contributed by atoms with van der Waals surface area (Å²) >= 11 is 0. The molecule has 1 N–H and O–H groups in total. The molecule has 56 valence electrons. The van der Waals surface area contributed by atoms with Crippen molar-refractivity contribution in [2.45, 2.75) is 0 Å². The van der Waals surface area contributed by atoms with Gasteiger partial charge in [-0.25, -0.2) is 10.1 Å². The van der Waals surface area contributed by atoms with Gasteiger partial charge >= 0.3 is 0 Å². The van der Waals surface area contributed by atoms with E-state index in [0.717, 1.165) is 13.1 Å². The molecular weight excluding hydrogens is 136 g/mol. The fourth-order valence-electron chi connectivity index (χ4n) is 0.765. The van der Waals surface area contributed by atoms with Crippen molar-refractivity contribution in [3.63, 3.8) is 0 Å². The highest BCUT2D eigenvalue weighted by Crippen LogP contribution is 1.91. The second kappa shape index (κ2) is 2.51. The molecule has 0 aromatic carbocycles. The Morgan fingerprint density at radius 1 is 1.90 bits per heavy atom. The molecule has 6 nitrogen and oxygen atoms in total. The van der Waals surface area contributed by atoms with E-state index in [1.807, 2.05) is 0 Å². The van der Waals surface area contributed by atoms with E-state index < -0.39 is 5.03 Å². The molecule has 1 aliphatic heterocycles. The Hall–Kier alpha value is -1.33. The Kier molecular flexibility index (Phi) is 1.70. The summed E-state index contributed by atoms with van der Waals surface area (Å²) in [5, 5.41) is 15.0. The molecule has 0 unspecified atom stereocenters. The van der Waals surface area contributed by atoms with Gasteiger partial charge in [0, 0.05) is 20.1 Å². The highest BCUT2D eigenvalue weighted by atomic mass is 16.7. The van der Waals surface area contributed by atoms with Crippen molar-refractivity contribution in [1.82, 2.24) is 10.2 Å². The van der Waals surface area contributed by atoms with Crippen LogP contribution in [0.4, 0.5) is 0 Å². The largest absolute Gasteiger partial charge is 0.349 e. The highest BCUT2D eigenvalue weighted by molar-refractivity contribution is 5.80. The molecule has 1 fully saturated rings. The van der Waals surface area contributed by atoms with E-state index >= 15 is 0 Å². The Bertz CT molecular complexity index is 178. The van der Waals surface area contributed by atoms with Crippen molar-refractivity contribution in [3.05, 3.63) is 10.1 Å². The van der Waals surface area contributed by atoms with Crippen molar-refractivity contribution >= 4 is 5.96 Å². The number of hydrogen-bond donors (Lipinski definition) is 1. The van der Waals surface area contributed by atoms with Crippen LogP contribution in [0.15, 0.2) is 5.10 Å².